The highest BCUT2D eigenvalue weighted by molar-refractivity contribution is 6.40. The number of likely N-dealkylation sites (tertiary alicyclic amines) is 1. The standard InChI is InChI=1S/C32H50FN5O7/c1-21(2)19-37(30(41)28(39)35-25-18-23(33)9-10-24(25)34-11-7-8-14-44-6)26-17-22(29(40)36-12-15-45-16-13-36)20-38(31(42)43)27(26)32(3,4)5/h9-10,18,21-22,26-27,34H,7-8,11-17,19-20H2,1-6H3,(H,35,39)(H,42,43)/t22-,26+,27?/m1/s1. The highest BCUT2D eigenvalue weighted by atomic mass is 19.1. The number of anilines is 2. The number of amides is 4. The van der Waals surface area contributed by atoms with E-state index in [4.69, 9.17) is 9.47 Å². The number of benzene rings is 1. The van der Waals surface area contributed by atoms with Gasteiger partial charge in [0.2, 0.25) is 5.91 Å². The summed E-state index contributed by atoms with van der Waals surface area (Å²) in [5, 5.41) is 16.1. The Morgan fingerprint density at radius 1 is 1.13 bits per heavy atom. The molecular weight excluding hydrogens is 585 g/mol. The molecule has 3 rings (SSSR count). The van der Waals surface area contributed by atoms with Crippen LogP contribution in [0.15, 0.2) is 18.2 Å². The van der Waals surface area contributed by atoms with Gasteiger partial charge in [-0.05, 0) is 48.8 Å². The summed E-state index contributed by atoms with van der Waals surface area (Å²) in [5.41, 5.74) is -0.0539. The number of carbonyl (C=O) groups excluding carboxylic acids is 3. The molecule has 12 nitrogen and oxygen atoms in total. The van der Waals surface area contributed by atoms with Crippen LogP contribution < -0.4 is 10.6 Å². The summed E-state index contributed by atoms with van der Waals surface area (Å²) in [6, 6.07) is 2.45. The van der Waals surface area contributed by atoms with E-state index in [2.05, 4.69) is 10.6 Å². The summed E-state index contributed by atoms with van der Waals surface area (Å²) in [4.78, 5) is 58.3. The van der Waals surface area contributed by atoms with Crippen molar-refractivity contribution in [3.63, 3.8) is 0 Å². The number of carboxylic acid groups (broad SMARTS) is 1. The molecule has 13 heteroatoms. The number of hydrogen-bond donors (Lipinski definition) is 3. The largest absolute Gasteiger partial charge is 0.465 e. The van der Waals surface area contributed by atoms with Crippen LogP contribution in [0.2, 0.25) is 0 Å². The average Bonchev–Trinajstić information content (AvgIpc) is 2.99. The number of methoxy groups -OCH3 is 1. The number of unbranched alkanes of at least 4 members (excludes halogenated alkanes) is 1. The average molecular weight is 636 g/mol. The number of piperidine rings is 1. The summed E-state index contributed by atoms with van der Waals surface area (Å²) in [7, 11) is 1.62. The van der Waals surface area contributed by atoms with E-state index < -0.39 is 47.1 Å². The first-order valence-electron chi connectivity index (χ1n) is 15.7. The molecule has 0 aliphatic carbocycles. The van der Waals surface area contributed by atoms with Gasteiger partial charge in [-0.2, -0.15) is 0 Å². The predicted octanol–water partition coefficient (Wildman–Crippen LogP) is 3.73. The van der Waals surface area contributed by atoms with Gasteiger partial charge < -0.3 is 39.9 Å². The lowest BCUT2D eigenvalue weighted by Gasteiger charge is -2.52. The molecule has 1 aromatic rings. The van der Waals surface area contributed by atoms with Crippen molar-refractivity contribution in [3.05, 3.63) is 24.0 Å². The zero-order valence-electron chi connectivity index (χ0n) is 27.4. The Morgan fingerprint density at radius 3 is 2.42 bits per heavy atom. The molecule has 2 aliphatic heterocycles. The molecule has 0 bridgehead atoms. The minimum absolute atomic E-state index is 0.0113. The van der Waals surface area contributed by atoms with Crippen molar-refractivity contribution in [3.8, 4) is 0 Å². The van der Waals surface area contributed by atoms with Crippen LogP contribution in [0.5, 0.6) is 0 Å². The molecule has 2 saturated heterocycles. The van der Waals surface area contributed by atoms with Gasteiger partial charge in [0.1, 0.15) is 5.82 Å². The highest BCUT2D eigenvalue weighted by Crippen LogP contribution is 2.38. The second-order valence-electron chi connectivity index (χ2n) is 13.3. The van der Waals surface area contributed by atoms with Gasteiger partial charge in [-0.3, -0.25) is 14.4 Å². The molecule has 45 heavy (non-hydrogen) atoms. The third-order valence-electron chi connectivity index (χ3n) is 8.19. The topological polar surface area (TPSA) is 141 Å². The molecule has 2 aliphatic rings. The van der Waals surface area contributed by atoms with Gasteiger partial charge in [-0.1, -0.05) is 34.6 Å². The molecule has 2 heterocycles. The van der Waals surface area contributed by atoms with E-state index in [1.165, 1.54) is 21.9 Å². The van der Waals surface area contributed by atoms with E-state index in [1.807, 2.05) is 34.6 Å². The number of nitrogens with one attached hydrogen (secondary N) is 2. The SMILES string of the molecule is COCCCCNc1ccc(F)cc1NC(=O)C(=O)N(CC(C)C)[C@H]1C[C@@H](C(=O)N2CCOCC2)CN(C(=O)O)C1C(C)(C)C. The van der Waals surface area contributed by atoms with Crippen molar-refractivity contribution < 1.29 is 38.1 Å². The van der Waals surface area contributed by atoms with Crippen molar-refractivity contribution in [2.45, 2.75) is 66.0 Å². The number of morpholine rings is 1. The van der Waals surface area contributed by atoms with Gasteiger partial charge in [-0.15, -0.1) is 0 Å². The van der Waals surface area contributed by atoms with Crippen molar-refractivity contribution in [2.24, 2.45) is 17.3 Å². The van der Waals surface area contributed by atoms with Crippen molar-refractivity contribution in [2.75, 3.05) is 70.3 Å². The molecule has 0 radical (unpaired) electrons. The van der Waals surface area contributed by atoms with Gasteiger partial charge in [0.25, 0.3) is 0 Å². The smallest absolute Gasteiger partial charge is 0.407 e. The fourth-order valence-electron chi connectivity index (χ4n) is 6.25. The summed E-state index contributed by atoms with van der Waals surface area (Å²) < 4.78 is 24.8. The fraction of sp³-hybridized carbons (Fsp3) is 0.688. The lowest BCUT2D eigenvalue weighted by Crippen LogP contribution is -2.67. The minimum Gasteiger partial charge on any atom is -0.465 e. The molecular formula is C32H50FN5O7. The van der Waals surface area contributed by atoms with Crippen LogP contribution in [0.25, 0.3) is 0 Å². The van der Waals surface area contributed by atoms with Crippen molar-refractivity contribution >= 4 is 35.2 Å². The number of carbonyl (C=O) groups is 4. The molecule has 0 aromatic heterocycles. The van der Waals surface area contributed by atoms with Gasteiger partial charge >= 0.3 is 17.9 Å². The van der Waals surface area contributed by atoms with Crippen LogP contribution in [0.4, 0.5) is 20.6 Å². The molecule has 3 N–H and O–H groups in total. The molecule has 1 aromatic carbocycles. The van der Waals surface area contributed by atoms with Gasteiger partial charge in [0, 0.05) is 46.4 Å². The molecule has 4 amide bonds. The van der Waals surface area contributed by atoms with Gasteiger partial charge in [-0.25, -0.2) is 9.18 Å². The molecule has 0 saturated carbocycles. The van der Waals surface area contributed by atoms with Crippen LogP contribution in [-0.4, -0.2) is 115 Å². The Morgan fingerprint density at radius 2 is 1.82 bits per heavy atom. The van der Waals surface area contributed by atoms with E-state index in [9.17, 15) is 28.7 Å². The zero-order valence-corrected chi connectivity index (χ0v) is 27.4. The molecule has 1 unspecified atom stereocenters. The number of halogens is 1. The first kappa shape index (κ1) is 36.0. The van der Waals surface area contributed by atoms with Crippen LogP contribution in [0.3, 0.4) is 0 Å². The van der Waals surface area contributed by atoms with Crippen LogP contribution >= 0.6 is 0 Å². The van der Waals surface area contributed by atoms with Crippen LogP contribution in [-0.2, 0) is 23.9 Å². The summed E-state index contributed by atoms with van der Waals surface area (Å²) in [6.45, 7) is 12.4. The number of ether oxygens (including phenoxy) is 2. The fourth-order valence-corrected chi connectivity index (χ4v) is 6.25. The summed E-state index contributed by atoms with van der Waals surface area (Å²) >= 11 is 0. The van der Waals surface area contributed by atoms with E-state index >= 15 is 0 Å². The Kier molecular flexibility index (Phi) is 13.0. The monoisotopic (exact) mass is 635 g/mol. The van der Waals surface area contributed by atoms with E-state index in [0.29, 0.717) is 45.1 Å². The second kappa shape index (κ2) is 16.2. The molecule has 3 atom stereocenters. The highest BCUT2D eigenvalue weighted by Gasteiger charge is 2.50. The zero-order chi connectivity index (χ0) is 33.3. The van der Waals surface area contributed by atoms with Crippen LogP contribution in [0, 0.1) is 23.1 Å². The Hall–Kier alpha value is -3.45. The van der Waals surface area contributed by atoms with E-state index in [0.717, 1.165) is 18.9 Å². The maximum atomic E-state index is 14.3. The van der Waals surface area contributed by atoms with E-state index in [1.54, 1.807) is 12.0 Å². The normalized spacial score (nSPS) is 20.6. The number of nitrogens with zero attached hydrogens (tertiary/aromatic N) is 3. The molecule has 0 spiro atoms. The van der Waals surface area contributed by atoms with E-state index in [-0.39, 0.29) is 37.0 Å². The first-order chi connectivity index (χ1) is 21.2. The number of hydrogen-bond acceptors (Lipinski definition) is 7. The quantitative estimate of drug-likeness (QED) is 0.247. The lowest BCUT2D eigenvalue weighted by molar-refractivity contribution is -0.152. The number of rotatable bonds is 11. The Bertz CT molecular complexity index is 1180. The van der Waals surface area contributed by atoms with Crippen molar-refractivity contribution in [1.82, 2.24) is 14.7 Å². The van der Waals surface area contributed by atoms with Gasteiger partial charge in [0.05, 0.1) is 42.6 Å². The molecule has 252 valence electrons. The summed E-state index contributed by atoms with van der Waals surface area (Å²) in [6.07, 6.45) is 0.595. The van der Waals surface area contributed by atoms with Crippen LogP contribution in [0.1, 0.15) is 53.9 Å². The second-order valence-corrected chi connectivity index (χ2v) is 13.3. The maximum Gasteiger partial charge on any atom is 0.407 e. The third-order valence-corrected chi connectivity index (χ3v) is 8.19. The predicted molar refractivity (Wildman–Crippen MR) is 168 cm³/mol. The maximum absolute atomic E-state index is 14.3. The first-order valence-corrected chi connectivity index (χ1v) is 15.7. The third kappa shape index (κ3) is 9.77. The lowest BCUT2D eigenvalue weighted by atomic mass is 9.74. The Balaban J connectivity index is 1.93. The molecule has 2 fully saturated rings. The van der Waals surface area contributed by atoms with Crippen molar-refractivity contribution in [1.29, 1.82) is 0 Å². The Labute approximate surface area is 265 Å². The summed E-state index contributed by atoms with van der Waals surface area (Å²) in [5.74, 6) is -3.39. The van der Waals surface area contributed by atoms with Gasteiger partial charge in [0.15, 0.2) is 0 Å². The minimum atomic E-state index is -1.19.